The molecule has 1 atom stereocenters. The average Bonchev–Trinajstić information content (AvgIpc) is 2.80. The fourth-order valence-electron chi connectivity index (χ4n) is 3.35. The van der Waals surface area contributed by atoms with Crippen LogP contribution in [0.4, 0.5) is 0 Å². The van der Waals surface area contributed by atoms with Gasteiger partial charge in [0.05, 0.1) is 25.5 Å². The highest BCUT2D eigenvalue weighted by atomic mass is 16.5. The highest BCUT2D eigenvalue weighted by molar-refractivity contribution is 5.92. The molecule has 0 unspecified atom stereocenters. The van der Waals surface area contributed by atoms with Gasteiger partial charge in [-0.25, -0.2) is 4.98 Å². The van der Waals surface area contributed by atoms with Gasteiger partial charge in [0, 0.05) is 51.5 Å². The maximum absolute atomic E-state index is 12.9. The number of rotatable bonds is 9. The first kappa shape index (κ1) is 21.9. The van der Waals surface area contributed by atoms with Crippen molar-refractivity contribution in [3.05, 3.63) is 60.2 Å². The summed E-state index contributed by atoms with van der Waals surface area (Å²) < 4.78 is 5.38. The minimum Gasteiger partial charge on any atom is -0.379 e. The van der Waals surface area contributed by atoms with Crippen molar-refractivity contribution in [1.82, 2.24) is 25.1 Å². The van der Waals surface area contributed by atoms with E-state index >= 15 is 0 Å². The summed E-state index contributed by atoms with van der Waals surface area (Å²) >= 11 is 0. The molecule has 0 spiro atoms. The molecule has 0 bridgehead atoms. The average molecular weight is 412 g/mol. The Morgan fingerprint density at radius 3 is 2.63 bits per heavy atom. The van der Waals surface area contributed by atoms with E-state index in [2.05, 4.69) is 20.2 Å². The number of benzene rings is 1. The molecule has 1 N–H and O–H groups in total. The molecule has 160 valence electrons. The zero-order valence-corrected chi connectivity index (χ0v) is 17.4. The molecule has 0 radical (unpaired) electrons. The molecule has 3 rings (SSSR count). The van der Waals surface area contributed by atoms with Gasteiger partial charge in [-0.05, 0) is 12.5 Å². The van der Waals surface area contributed by atoms with Crippen molar-refractivity contribution in [3.8, 4) is 0 Å². The Morgan fingerprint density at radius 2 is 1.93 bits per heavy atom. The Kier molecular flexibility index (Phi) is 8.29. The molecule has 1 aliphatic rings. The summed E-state index contributed by atoms with van der Waals surface area (Å²) in [6, 6.07) is 9.73. The van der Waals surface area contributed by atoms with Gasteiger partial charge in [0.25, 0.3) is 5.91 Å². The van der Waals surface area contributed by atoms with Crippen LogP contribution in [-0.4, -0.2) is 77.5 Å². The molecule has 1 aromatic heterocycles. The van der Waals surface area contributed by atoms with Crippen LogP contribution in [0.25, 0.3) is 0 Å². The van der Waals surface area contributed by atoms with Crippen molar-refractivity contribution in [3.63, 3.8) is 0 Å². The van der Waals surface area contributed by atoms with Crippen molar-refractivity contribution < 1.29 is 14.3 Å². The van der Waals surface area contributed by atoms with E-state index in [9.17, 15) is 9.59 Å². The number of amides is 2. The van der Waals surface area contributed by atoms with Gasteiger partial charge in [0.15, 0.2) is 0 Å². The summed E-state index contributed by atoms with van der Waals surface area (Å²) in [5.41, 5.74) is 1.34. The van der Waals surface area contributed by atoms with Gasteiger partial charge < -0.3 is 15.0 Å². The summed E-state index contributed by atoms with van der Waals surface area (Å²) in [6.07, 6.45) is 4.73. The van der Waals surface area contributed by atoms with Gasteiger partial charge >= 0.3 is 0 Å². The van der Waals surface area contributed by atoms with Crippen molar-refractivity contribution >= 4 is 11.8 Å². The van der Waals surface area contributed by atoms with E-state index in [4.69, 9.17) is 4.74 Å². The Morgan fingerprint density at radius 1 is 1.17 bits per heavy atom. The molecular formula is C22H29N5O3. The first-order valence-corrected chi connectivity index (χ1v) is 10.3. The van der Waals surface area contributed by atoms with E-state index in [1.165, 1.54) is 18.6 Å². The summed E-state index contributed by atoms with van der Waals surface area (Å²) in [4.78, 5) is 37.5. The molecule has 1 saturated heterocycles. The standard InChI is InChI=1S/C22H29N5O3/c1-18(19-5-3-2-4-6-19)25-21(28)7-10-27(12-11-26-13-15-30-16-14-26)22(29)20-17-23-8-9-24-20/h2-6,8-9,17-18H,7,10-16H2,1H3,(H,25,28)/t18-/m1/s1. The fraction of sp³-hybridized carbons (Fsp3) is 0.455. The van der Waals surface area contributed by atoms with Crippen LogP contribution in [0.1, 0.15) is 35.4 Å². The zero-order valence-electron chi connectivity index (χ0n) is 17.4. The lowest BCUT2D eigenvalue weighted by Crippen LogP contribution is -2.44. The molecule has 30 heavy (non-hydrogen) atoms. The van der Waals surface area contributed by atoms with Crippen molar-refractivity contribution in [2.75, 3.05) is 45.9 Å². The van der Waals surface area contributed by atoms with Gasteiger partial charge in [-0.1, -0.05) is 30.3 Å². The monoisotopic (exact) mass is 411 g/mol. The van der Waals surface area contributed by atoms with Gasteiger partial charge in [-0.3, -0.25) is 19.5 Å². The van der Waals surface area contributed by atoms with Crippen LogP contribution >= 0.6 is 0 Å². The molecule has 2 heterocycles. The smallest absolute Gasteiger partial charge is 0.274 e. The van der Waals surface area contributed by atoms with Gasteiger partial charge in [0.1, 0.15) is 5.69 Å². The van der Waals surface area contributed by atoms with Gasteiger partial charge in [-0.15, -0.1) is 0 Å². The molecule has 2 amide bonds. The SMILES string of the molecule is C[C@@H](NC(=O)CCN(CCN1CCOCC1)C(=O)c1cnccn1)c1ccccc1. The topological polar surface area (TPSA) is 87.7 Å². The third-order valence-corrected chi connectivity index (χ3v) is 5.15. The Hall–Kier alpha value is -2.84. The number of hydrogen-bond acceptors (Lipinski definition) is 6. The number of hydrogen-bond donors (Lipinski definition) is 1. The summed E-state index contributed by atoms with van der Waals surface area (Å²) in [7, 11) is 0. The second-order valence-corrected chi connectivity index (χ2v) is 7.29. The third-order valence-electron chi connectivity index (χ3n) is 5.15. The molecule has 0 saturated carbocycles. The fourth-order valence-corrected chi connectivity index (χ4v) is 3.35. The maximum Gasteiger partial charge on any atom is 0.274 e. The minimum atomic E-state index is -0.208. The van der Waals surface area contributed by atoms with Crippen molar-refractivity contribution in [1.29, 1.82) is 0 Å². The normalized spacial score (nSPS) is 15.4. The molecule has 1 aliphatic heterocycles. The lowest BCUT2D eigenvalue weighted by atomic mass is 10.1. The van der Waals surface area contributed by atoms with Crippen molar-refractivity contribution in [2.45, 2.75) is 19.4 Å². The second kappa shape index (κ2) is 11.4. The van der Waals surface area contributed by atoms with Gasteiger partial charge in [-0.2, -0.15) is 0 Å². The molecule has 8 heteroatoms. The number of carbonyl (C=O) groups is 2. The highest BCUT2D eigenvalue weighted by Crippen LogP contribution is 2.11. The highest BCUT2D eigenvalue weighted by Gasteiger charge is 2.20. The van der Waals surface area contributed by atoms with E-state index in [-0.39, 0.29) is 30.0 Å². The Labute approximate surface area is 177 Å². The number of aromatic nitrogens is 2. The molecule has 8 nitrogen and oxygen atoms in total. The number of morpholine rings is 1. The van der Waals surface area contributed by atoms with Crippen LogP contribution in [-0.2, 0) is 9.53 Å². The lowest BCUT2D eigenvalue weighted by Gasteiger charge is -2.30. The lowest BCUT2D eigenvalue weighted by molar-refractivity contribution is -0.121. The van der Waals surface area contributed by atoms with E-state index in [0.29, 0.717) is 26.3 Å². The van der Waals surface area contributed by atoms with E-state index in [0.717, 1.165) is 25.2 Å². The van der Waals surface area contributed by atoms with Crippen LogP contribution in [0.15, 0.2) is 48.9 Å². The summed E-state index contributed by atoms with van der Waals surface area (Å²) in [6.45, 7) is 6.65. The first-order chi connectivity index (χ1) is 14.6. The van der Waals surface area contributed by atoms with Crippen molar-refractivity contribution in [2.24, 2.45) is 0 Å². The molecule has 2 aromatic rings. The van der Waals surface area contributed by atoms with Gasteiger partial charge in [0.2, 0.25) is 5.91 Å². The molecular weight excluding hydrogens is 382 g/mol. The van der Waals surface area contributed by atoms with E-state index in [1.807, 2.05) is 37.3 Å². The predicted octanol–water partition coefficient (Wildman–Crippen LogP) is 1.52. The second-order valence-electron chi connectivity index (χ2n) is 7.29. The number of nitrogens with one attached hydrogen (secondary N) is 1. The third kappa shape index (κ3) is 6.60. The van der Waals surface area contributed by atoms with E-state index in [1.54, 1.807) is 4.90 Å². The number of carbonyl (C=O) groups excluding carboxylic acids is 2. The van der Waals surface area contributed by atoms with Crippen LogP contribution in [0.3, 0.4) is 0 Å². The Bertz CT molecular complexity index is 797. The molecule has 1 fully saturated rings. The van der Waals surface area contributed by atoms with Crippen LogP contribution in [0.2, 0.25) is 0 Å². The summed E-state index contributed by atoms with van der Waals surface area (Å²) in [5, 5.41) is 3.00. The predicted molar refractivity (Wildman–Crippen MR) is 113 cm³/mol. The Balaban J connectivity index is 1.56. The summed E-state index contributed by atoms with van der Waals surface area (Å²) in [5.74, 6) is -0.296. The van der Waals surface area contributed by atoms with E-state index < -0.39 is 0 Å². The first-order valence-electron chi connectivity index (χ1n) is 10.3. The quantitative estimate of drug-likeness (QED) is 0.673. The largest absolute Gasteiger partial charge is 0.379 e. The van der Waals surface area contributed by atoms with Crippen LogP contribution in [0, 0.1) is 0 Å². The molecule has 1 aromatic carbocycles. The maximum atomic E-state index is 12.9. The van der Waals surface area contributed by atoms with Crippen LogP contribution < -0.4 is 5.32 Å². The zero-order chi connectivity index (χ0) is 21.2. The van der Waals surface area contributed by atoms with Crippen LogP contribution in [0.5, 0.6) is 0 Å². The number of nitrogens with zero attached hydrogens (tertiary/aromatic N) is 4. The number of ether oxygens (including phenoxy) is 1. The molecule has 0 aliphatic carbocycles. The minimum absolute atomic E-state index is 0.0869.